The molecule has 0 radical (unpaired) electrons. The highest BCUT2D eigenvalue weighted by Crippen LogP contribution is 2.35. The first-order chi connectivity index (χ1) is 9.74. The van der Waals surface area contributed by atoms with Gasteiger partial charge in [-0.25, -0.2) is 0 Å². The summed E-state index contributed by atoms with van der Waals surface area (Å²) in [5.74, 6) is 0.000368. The number of rotatable bonds is 6. The van der Waals surface area contributed by atoms with Crippen molar-refractivity contribution in [2.75, 3.05) is 6.54 Å². The van der Waals surface area contributed by atoms with Crippen LogP contribution in [0.15, 0.2) is 30.7 Å². The van der Waals surface area contributed by atoms with Crippen LogP contribution in [0.1, 0.15) is 35.8 Å². The van der Waals surface area contributed by atoms with Crippen molar-refractivity contribution in [3.05, 3.63) is 41.4 Å². The van der Waals surface area contributed by atoms with Gasteiger partial charge in [0.1, 0.15) is 5.69 Å². The third-order valence-electron chi connectivity index (χ3n) is 3.40. The fourth-order valence-electron chi connectivity index (χ4n) is 2.25. The van der Waals surface area contributed by atoms with Gasteiger partial charge in [0.05, 0.1) is 11.2 Å². The zero-order valence-corrected chi connectivity index (χ0v) is 11.9. The van der Waals surface area contributed by atoms with E-state index in [9.17, 15) is 4.79 Å². The van der Waals surface area contributed by atoms with E-state index in [4.69, 9.17) is 11.6 Å². The molecule has 20 heavy (non-hydrogen) atoms. The minimum absolute atomic E-state index is 0.000368. The molecule has 0 saturated heterocycles. The Morgan fingerprint density at radius 2 is 2.35 bits per heavy atom. The van der Waals surface area contributed by atoms with Crippen LogP contribution in [0.25, 0.3) is 0 Å². The molecule has 1 aliphatic rings. The van der Waals surface area contributed by atoms with E-state index in [1.165, 1.54) is 12.8 Å². The molecule has 0 spiro atoms. The standard InChI is InChI=1S/C14H17ClN4O/c15-11-9-17-18(10-11)7-2-6-16-14(20)13-3-1-8-19(13)12-4-5-12/h1,3,8-10,12H,2,4-7H2,(H,16,20). The second kappa shape index (κ2) is 5.71. The Morgan fingerprint density at radius 3 is 3.05 bits per heavy atom. The number of halogens is 1. The Kier molecular flexibility index (Phi) is 3.78. The molecule has 2 aromatic heterocycles. The van der Waals surface area contributed by atoms with Crippen molar-refractivity contribution in [3.63, 3.8) is 0 Å². The maximum Gasteiger partial charge on any atom is 0.267 e. The summed E-state index contributed by atoms with van der Waals surface area (Å²) >= 11 is 5.79. The zero-order chi connectivity index (χ0) is 13.9. The van der Waals surface area contributed by atoms with Crippen molar-refractivity contribution in [1.82, 2.24) is 19.7 Å². The second-order valence-electron chi connectivity index (χ2n) is 5.06. The Morgan fingerprint density at radius 1 is 1.50 bits per heavy atom. The first-order valence-corrected chi connectivity index (χ1v) is 7.25. The highest BCUT2D eigenvalue weighted by atomic mass is 35.5. The van der Waals surface area contributed by atoms with Crippen LogP contribution in [0.2, 0.25) is 5.02 Å². The van der Waals surface area contributed by atoms with Gasteiger partial charge in [0, 0.05) is 31.5 Å². The molecule has 3 rings (SSSR count). The Bertz CT molecular complexity index is 600. The van der Waals surface area contributed by atoms with Crippen LogP contribution in [-0.4, -0.2) is 26.8 Å². The van der Waals surface area contributed by atoms with E-state index < -0.39 is 0 Å². The van der Waals surface area contributed by atoms with Crippen LogP contribution in [-0.2, 0) is 6.54 Å². The normalized spacial score (nSPS) is 14.4. The van der Waals surface area contributed by atoms with E-state index in [0.29, 0.717) is 17.6 Å². The smallest absolute Gasteiger partial charge is 0.267 e. The molecule has 1 aliphatic carbocycles. The molecule has 2 aromatic rings. The zero-order valence-electron chi connectivity index (χ0n) is 11.1. The third-order valence-corrected chi connectivity index (χ3v) is 3.60. The number of nitrogens with zero attached hydrogens (tertiary/aromatic N) is 3. The van der Waals surface area contributed by atoms with E-state index in [1.54, 1.807) is 17.1 Å². The fourth-order valence-corrected chi connectivity index (χ4v) is 2.41. The third kappa shape index (κ3) is 3.04. The Hall–Kier alpha value is -1.75. The van der Waals surface area contributed by atoms with Gasteiger partial charge in [0.15, 0.2) is 0 Å². The topological polar surface area (TPSA) is 51.9 Å². The SMILES string of the molecule is O=C(NCCCn1cc(Cl)cn1)c1cccn1C1CC1. The van der Waals surface area contributed by atoms with Crippen molar-refractivity contribution in [3.8, 4) is 0 Å². The van der Waals surface area contributed by atoms with Crippen LogP contribution in [0, 0.1) is 0 Å². The number of carbonyl (C=O) groups is 1. The summed E-state index contributed by atoms with van der Waals surface area (Å²) in [6.07, 6.45) is 8.56. The predicted octanol–water partition coefficient (Wildman–Crippen LogP) is 2.49. The van der Waals surface area contributed by atoms with Gasteiger partial charge in [0.25, 0.3) is 5.91 Å². The number of amides is 1. The molecule has 1 saturated carbocycles. The molecule has 1 N–H and O–H groups in total. The fraction of sp³-hybridized carbons (Fsp3) is 0.429. The number of aryl methyl sites for hydroxylation is 1. The van der Waals surface area contributed by atoms with Gasteiger partial charge in [-0.3, -0.25) is 9.48 Å². The summed E-state index contributed by atoms with van der Waals surface area (Å²) in [5.41, 5.74) is 0.759. The highest BCUT2D eigenvalue weighted by molar-refractivity contribution is 6.30. The number of aromatic nitrogens is 3. The lowest BCUT2D eigenvalue weighted by molar-refractivity contribution is 0.0943. The molecular formula is C14H17ClN4O. The van der Waals surface area contributed by atoms with Crippen LogP contribution < -0.4 is 5.32 Å². The Balaban J connectivity index is 1.46. The largest absolute Gasteiger partial charge is 0.351 e. The van der Waals surface area contributed by atoms with Crippen LogP contribution in [0.5, 0.6) is 0 Å². The van der Waals surface area contributed by atoms with E-state index in [2.05, 4.69) is 15.0 Å². The van der Waals surface area contributed by atoms with Gasteiger partial charge in [-0.05, 0) is 31.4 Å². The van der Waals surface area contributed by atoms with Crippen LogP contribution in [0.3, 0.4) is 0 Å². The van der Waals surface area contributed by atoms with Crippen molar-refractivity contribution < 1.29 is 4.79 Å². The van der Waals surface area contributed by atoms with Gasteiger partial charge >= 0.3 is 0 Å². The van der Waals surface area contributed by atoms with E-state index in [0.717, 1.165) is 18.7 Å². The molecule has 1 fully saturated rings. The number of nitrogens with one attached hydrogen (secondary N) is 1. The predicted molar refractivity (Wildman–Crippen MR) is 76.9 cm³/mol. The monoisotopic (exact) mass is 292 g/mol. The summed E-state index contributed by atoms with van der Waals surface area (Å²) < 4.78 is 3.85. The van der Waals surface area contributed by atoms with E-state index in [-0.39, 0.29) is 5.91 Å². The average molecular weight is 293 g/mol. The second-order valence-corrected chi connectivity index (χ2v) is 5.50. The molecule has 5 nitrogen and oxygen atoms in total. The lowest BCUT2D eigenvalue weighted by Crippen LogP contribution is -2.27. The average Bonchev–Trinajstić information content (AvgIpc) is 3.01. The molecule has 6 heteroatoms. The summed E-state index contributed by atoms with van der Waals surface area (Å²) in [6.45, 7) is 1.38. The molecule has 2 heterocycles. The van der Waals surface area contributed by atoms with Crippen molar-refractivity contribution in [2.24, 2.45) is 0 Å². The van der Waals surface area contributed by atoms with Crippen molar-refractivity contribution in [2.45, 2.75) is 31.8 Å². The summed E-state index contributed by atoms with van der Waals surface area (Å²) in [7, 11) is 0. The lowest BCUT2D eigenvalue weighted by atomic mass is 10.3. The quantitative estimate of drug-likeness (QED) is 0.832. The summed E-state index contributed by atoms with van der Waals surface area (Å²) in [6, 6.07) is 4.33. The molecular weight excluding hydrogens is 276 g/mol. The number of hydrogen-bond acceptors (Lipinski definition) is 2. The molecule has 0 atom stereocenters. The molecule has 106 valence electrons. The van der Waals surface area contributed by atoms with Crippen LogP contribution in [0.4, 0.5) is 0 Å². The van der Waals surface area contributed by atoms with Crippen molar-refractivity contribution >= 4 is 17.5 Å². The van der Waals surface area contributed by atoms with Gasteiger partial charge in [0.2, 0.25) is 0 Å². The van der Waals surface area contributed by atoms with E-state index in [1.807, 2.05) is 18.3 Å². The molecule has 0 bridgehead atoms. The minimum Gasteiger partial charge on any atom is -0.351 e. The summed E-state index contributed by atoms with van der Waals surface area (Å²) in [5, 5.41) is 7.68. The highest BCUT2D eigenvalue weighted by Gasteiger charge is 2.26. The number of hydrogen-bond donors (Lipinski definition) is 1. The van der Waals surface area contributed by atoms with Gasteiger partial charge in [-0.15, -0.1) is 0 Å². The van der Waals surface area contributed by atoms with Crippen LogP contribution >= 0.6 is 11.6 Å². The van der Waals surface area contributed by atoms with Gasteiger partial charge < -0.3 is 9.88 Å². The molecule has 1 amide bonds. The van der Waals surface area contributed by atoms with Gasteiger partial charge in [-0.2, -0.15) is 5.10 Å². The molecule has 0 aromatic carbocycles. The van der Waals surface area contributed by atoms with Gasteiger partial charge in [-0.1, -0.05) is 11.6 Å². The first-order valence-electron chi connectivity index (χ1n) is 6.87. The number of carbonyl (C=O) groups excluding carboxylic acids is 1. The van der Waals surface area contributed by atoms with E-state index >= 15 is 0 Å². The lowest BCUT2D eigenvalue weighted by Gasteiger charge is -2.08. The minimum atomic E-state index is 0.000368. The molecule has 0 unspecified atom stereocenters. The summed E-state index contributed by atoms with van der Waals surface area (Å²) in [4.78, 5) is 12.1. The molecule has 0 aliphatic heterocycles. The maximum atomic E-state index is 12.1. The first kappa shape index (κ1) is 13.2. The Labute approximate surface area is 122 Å². The maximum absolute atomic E-state index is 12.1. The van der Waals surface area contributed by atoms with Crippen molar-refractivity contribution in [1.29, 1.82) is 0 Å².